The molecule has 4 heteroatoms. The summed E-state index contributed by atoms with van der Waals surface area (Å²) in [5.74, 6) is 0. The van der Waals surface area contributed by atoms with Crippen LogP contribution in [-0.2, 0) is 0 Å². The molecule has 0 unspecified atom stereocenters. The van der Waals surface area contributed by atoms with Crippen LogP contribution in [0.4, 0.5) is 0 Å². The quantitative estimate of drug-likeness (QED) is 0.170. The zero-order valence-electron chi connectivity index (χ0n) is 34.6. The van der Waals surface area contributed by atoms with Gasteiger partial charge in [-0.3, -0.25) is 0 Å². The van der Waals surface area contributed by atoms with Crippen LogP contribution in [0.1, 0.15) is 0 Å². The number of hydrogen-bond donors (Lipinski definition) is 0. The maximum absolute atomic E-state index is 6.44. The fraction of sp³-hybridized carbons (Fsp3) is 0. The third kappa shape index (κ3) is 5.11. The van der Waals surface area contributed by atoms with Gasteiger partial charge in [0.1, 0.15) is 11.2 Å². The van der Waals surface area contributed by atoms with Gasteiger partial charge in [-0.15, -0.1) is 0 Å². The molecule has 0 spiro atoms. The van der Waals surface area contributed by atoms with Gasteiger partial charge < -0.3 is 18.1 Å². The molecular formula is C60H37N3O. The molecule has 10 aromatic carbocycles. The van der Waals surface area contributed by atoms with Crippen LogP contribution in [0.3, 0.4) is 0 Å². The van der Waals surface area contributed by atoms with Gasteiger partial charge in [0.25, 0.3) is 0 Å². The van der Waals surface area contributed by atoms with E-state index in [1.54, 1.807) is 0 Å². The van der Waals surface area contributed by atoms with Gasteiger partial charge in [0.15, 0.2) is 0 Å². The van der Waals surface area contributed by atoms with E-state index in [0.717, 1.165) is 50.0 Å². The Labute approximate surface area is 367 Å². The molecule has 0 saturated carbocycles. The van der Waals surface area contributed by atoms with Crippen LogP contribution in [0, 0.1) is 0 Å². The van der Waals surface area contributed by atoms with Gasteiger partial charge in [-0.2, -0.15) is 0 Å². The highest BCUT2D eigenvalue weighted by Gasteiger charge is 2.19. The van der Waals surface area contributed by atoms with E-state index in [0.29, 0.717) is 0 Å². The highest BCUT2D eigenvalue weighted by atomic mass is 16.3. The number of rotatable bonds is 5. The lowest BCUT2D eigenvalue weighted by Crippen LogP contribution is -1.94. The normalized spacial score (nSPS) is 12.1. The third-order valence-electron chi connectivity index (χ3n) is 13.4. The summed E-state index contributed by atoms with van der Waals surface area (Å²) in [6.07, 6.45) is 0. The molecule has 0 atom stereocenters. The predicted octanol–water partition coefficient (Wildman–Crippen LogP) is 16.2. The Bertz CT molecular complexity index is 3970. The molecule has 4 heterocycles. The van der Waals surface area contributed by atoms with Crippen LogP contribution in [0.15, 0.2) is 229 Å². The molecule has 0 N–H and O–H groups in total. The van der Waals surface area contributed by atoms with E-state index in [1.165, 1.54) is 76.6 Å². The Kier molecular flexibility index (Phi) is 7.36. The topological polar surface area (TPSA) is 27.9 Å². The van der Waals surface area contributed by atoms with E-state index in [1.807, 2.05) is 12.1 Å². The number of furan rings is 1. The van der Waals surface area contributed by atoms with Crippen molar-refractivity contribution < 1.29 is 4.42 Å². The number of nitrogens with zero attached hydrogens (tertiary/aromatic N) is 3. The van der Waals surface area contributed by atoms with Crippen LogP contribution in [0.2, 0.25) is 0 Å². The van der Waals surface area contributed by atoms with E-state index in [4.69, 9.17) is 4.42 Å². The van der Waals surface area contributed by atoms with E-state index in [-0.39, 0.29) is 0 Å². The number of hydrogen-bond acceptors (Lipinski definition) is 1. The first-order valence-electron chi connectivity index (χ1n) is 21.9. The van der Waals surface area contributed by atoms with Gasteiger partial charge in [-0.05, 0) is 125 Å². The average molecular weight is 816 g/mol. The zero-order chi connectivity index (χ0) is 41.9. The summed E-state index contributed by atoms with van der Waals surface area (Å²) >= 11 is 0. The molecule has 64 heavy (non-hydrogen) atoms. The number of aromatic nitrogens is 3. The summed E-state index contributed by atoms with van der Waals surface area (Å²) in [5.41, 5.74) is 17.0. The third-order valence-corrected chi connectivity index (χ3v) is 13.4. The lowest BCUT2D eigenvalue weighted by Gasteiger charge is -2.10. The van der Waals surface area contributed by atoms with Gasteiger partial charge in [0.05, 0.1) is 33.1 Å². The minimum atomic E-state index is 0.882. The van der Waals surface area contributed by atoms with Gasteiger partial charge in [-0.25, -0.2) is 0 Å². The largest absolute Gasteiger partial charge is 0.456 e. The van der Waals surface area contributed by atoms with Crippen molar-refractivity contribution in [1.29, 1.82) is 0 Å². The van der Waals surface area contributed by atoms with Crippen molar-refractivity contribution in [2.24, 2.45) is 0 Å². The highest BCUT2D eigenvalue weighted by molar-refractivity contribution is 6.15. The maximum Gasteiger partial charge on any atom is 0.137 e. The second-order valence-corrected chi connectivity index (χ2v) is 16.9. The zero-order valence-corrected chi connectivity index (χ0v) is 34.6. The van der Waals surface area contributed by atoms with Crippen LogP contribution in [0.25, 0.3) is 127 Å². The molecule has 0 bridgehead atoms. The summed E-state index contributed by atoms with van der Waals surface area (Å²) in [4.78, 5) is 0. The standard InChI is InChI=1S/C60H37N3O/c1-3-13-42(14-4-1)61-53-20-10-7-17-45(53)49-33-38(23-29-55(49)61)40-25-31-57-51(35-40)52-36-41(26-32-58(52)63(57)44-27-28-48-47-19-9-12-22-59(47)64-60(48)37-44)39-24-30-56-50(34-39)46-18-8-11-21-54(46)62(56)43-15-5-2-6-16-43/h1-37H. The molecule has 298 valence electrons. The molecule has 0 aliphatic heterocycles. The Morgan fingerprint density at radius 2 is 0.578 bits per heavy atom. The number of benzene rings is 10. The molecule has 0 aliphatic rings. The molecular weight excluding hydrogens is 779 g/mol. The summed E-state index contributed by atoms with van der Waals surface area (Å²) < 4.78 is 13.6. The lowest BCUT2D eigenvalue weighted by molar-refractivity contribution is 0.668. The average Bonchev–Trinajstić information content (AvgIpc) is 4.10. The molecule has 0 aliphatic carbocycles. The minimum Gasteiger partial charge on any atom is -0.456 e. The van der Waals surface area contributed by atoms with Gasteiger partial charge in [0.2, 0.25) is 0 Å². The van der Waals surface area contributed by atoms with Crippen LogP contribution in [0.5, 0.6) is 0 Å². The van der Waals surface area contributed by atoms with Crippen molar-refractivity contribution in [2.75, 3.05) is 0 Å². The van der Waals surface area contributed by atoms with Gasteiger partial charge in [0, 0.05) is 66.2 Å². The monoisotopic (exact) mass is 815 g/mol. The van der Waals surface area contributed by atoms with Crippen LogP contribution in [-0.4, -0.2) is 13.7 Å². The molecule has 0 fully saturated rings. The summed E-state index contributed by atoms with van der Waals surface area (Å²) in [7, 11) is 0. The van der Waals surface area contributed by atoms with E-state index < -0.39 is 0 Å². The summed E-state index contributed by atoms with van der Waals surface area (Å²) in [5, 5.41) is 9.63. The van der Waals surface area contributed by atoms with E-state index >= 15 is 0 Å². The predicted molar refractivity (Wildman–Crippen MR) is 268 cm³/mol. The summed E-state index contributed by atoms with van der Waals surface area (Å²) in [6, 6.07) is 81.6. The van der Waals surface area contributed by atoms with Crippen molar-refractivity contribution in [2.45, 2.75) is 0 Å². The van der Waals surface area contributed by atoms with Crippen molar-refractivity contribution in [3.8, 4) is 39.3 Å². The van der Waals surface area contributed by atoms with Gasteiger partial charge in [-0.1, -0.05) is 115 Å². The molecule has 14 rings (SSSR count). The number of para-hydroxylation sites is 5. The van der Waals surface area contributed by atoms with Gasteiger partial charge >= 0.3 is 0 Å². The first-order valence-corrected chi connectivity index (χ1v) is 21.9. The lowest BCUT2D eigenvalue weighted by atomic mass is 9.98. The molecule has 0 amide bonds. The highest BCUT2D eigenvalue weighted by Crippen LogP contribution is 2.42. The Morgan fingerprint density at radius 1 is 0.219 bits per heavy atom. The molecule has 14 aromatic rings. The van der Waals surface area contributed by atoms with Crippen molar-refractivity contribution in [1.82, 2.24) is 13.7 Å². The fourth-order valence-corrected chi connectivity index (χ4v) is 10.5. The van der Waals surface area contributed by atoms with Crippen molar-refractivity contribution >= 4 is 87.4 Å². The Balaban J connectivity index is 0.980. The van der Waals surface area contributed by atoms with Crippen LogP contribution < -0.4 is 0 Å². The second-order valence-electron chi connectivity index (χ2n) is 16.9. The number of fused-ring (bicyclic) bond motifs is 12. The molecule has 4 aromatic heterocycles. The SMILES string of the molecule is c1ccc(-n2c3ccccc3c3cc(-c4ccc5c(c4)c4cc(-c6ccc7c(c6)c6ccccc6n7-c6ccccc6)ccc4n5-c4ccc5c(c4)oc4ccccc45)ccc32)cc1. The Hall–Kier alpha value is -8.60. The van der Waals surface area contributed by atoms with Crippen LogP contribution >= 0.6 is 0 Å². The smallest absolute Gasteiger partial charge is 0.137 e. The van der Waals surface area contributed by atoms with E-state index in [2.05, 4.69) is 226 Å². The molecule has 4 nitrogen and oxygen atoms in total. The first kappa shape index (κ1) is 35.0. The second kappa shape index (κ2) is 13.4. The maximum atomic E-state index is 6.44. The van der Waals surface area contributed by atoms with Crippen molar-refractivity contribution in [3.63, 3.8) is 0 Å². The summed E-state index contributed by atoms with van der Waals surface area (Å²) in [6.45, 7) is 0. The molecule has 0 saturated heterocycles. The van der Waals surface area contributed by atoms with Crippen molar-refractivity contribution in [3.05, 3.63) is 224 Å². The Morgan fingerprint density at radius 3 is 1.06 bits per heavy atom. The first-order chi connectivity index (χ1) is 31.7. The minimum absolute atomic E-state index is 0.882. The van der Waals surface area contributed by atoms with E-state index in [9.17, 15) is 0 Å². The fourth-order valence-electron chi connectivity index (χ4n) is 10.5. The molecule has 0 radical (unpaired) electrons.